The van der Waals surface area contributed by atoms with Gasteiger partial charge in [-0.2, -0.15) is 5.06 Å². The van der Waals surface area contributed by atoms with E-state index in [9.17, 15) is 4.79 Å². The van der Waals surface area contributed by atoms with E-state index in [4.69, 9.17) is 9.36 Å². The van der Waals surface area contributed by atoms with Gasteiger partial charge in [-0.1, -0.05) is 25.9 Å². The molecule has 0 saturated carbocycles. The fourth-order valence-corrected chi connectivity index (χ4v) is 1.81. The molecule has 0 aliphatic carbocycles. The van der Waals surface area contributed by atoms with Gasteiger partial charge in [-0.05, 0) is 7.05 Å². The number of hydrogen-bond acceptors (Lipinski definition) is 5. The van der Waals surface area contributed by atoms with Crippen LogP contribution in [0, 0.1) is 0 Å². The van der Waals surface area contributed by atoms with Crippen LogP contribution in [0.25, 0.3) is 0 Å². The average Bonchev–Trinajstić information content (AvgIpc) is 2.80. The van der Waals surface area contributed by atoms with Gasteiger partial charge in [0.05, 0.1) is 13.8 Å². The van der Waals surface area contributed by atoms with Crippen molar-refractivity contribution in [3.63, 3.8) is 0 Å². The second kappa shape index (κ2) is 4.82. The van der Waals surface area contributed by atoms with Crippen LogP contribution in [0.2, 0.25) is 0 Å². The van der Waals surface area contributed by atoms with Crippen molar-refractivity contribution in [2.24, 2.45) is 0 Å². The molecular formula is C12H20N4O3. The molecule has 1 fully saturated rings. The molecule has 0 aromatic carbocycles. The first-order valence-corrected chi connectivity index (χ1v) is 6.12. The molecule has 1 saturated heterocycles. The van der Waals surface area contributed by atoms with Crippen LogP contribution in [0.15, 0.2) is 10.6 Å². The van der Waals surface area contributed by atoms with E-state index in [0.717, 1.165) is 5.76 Å². The van der Waals surface area contributed by atoms with Crippen molar-refractivity contribution in [3.8, 4) is 0 Å². The zero-order valence-corrected chi connectivity index (χ0v) is 12.0. The number of anilines is 1. The number of amides is 2. The Hall–Kier alpha value is -1.60. The van der Waals surface area contributed by atoms with E-state index >= 15 is 0 Å². The molecule has 0 radical (unpaired) electrons. The van der Waals surface area contributed by atoms with E-state index in [0.29, 0.717) is 19.2 Å². The van der Waals surface area contributed by atoms with Crippen molar-refractivity contribution in [2.75, 3.05) is 32.4 Å². The number of hydroxylamine groups is 2. The molecule has 0 unspecified atom stereocenters. The second-order valence-corrected chi connectivity index (χ2v) is 5.71. The van der Waals surface area contributed by atoms with Gasteiger partial charge in [0.2, 0.25) is 0 Å². The molecule has 7 heteroatoms. The topological polar surface area (TPSA) is 62.1 Å². The fraction of sp³-hybridized carbons (Fsp3) is 0.667. The highest BCUT2D eigenvalue weighted by molar-refractivity contribution is 5.90. The lowest BCUT2D eigenvalue weighted by molar-refractivity contribution is -0.120. The molecule has 1 aliphatic rings. The van der Waals surface area contributed by atoms with Crippen LogP contribution >= 0.6 is 0 Å². The first-order valence-electron chi connectivity index (χ1n) is 6.12. The fourth-order valence-electron chi connectivity index (χ4n) is 1.81. The molecule has 0 atom stereocenters. The lowest BCUT2D eigenvalue weighted by Gasteiger charge is -2.37. The van der Waals surface area contributed by atoms with Crippen molar-refractivity contribution < 1.29 is 14.2 Å². The van der Waals surface area contributed by atoms with E-state index in [1.807, 2.05) is 32.7 Å². The Bertz CT molecular complexity index is 466. The van der Waals surface area contributed by atoms with Crippen LogP contribution in [0.4, 0.5) is 10.6 Å². The number of carbonyl (C=O) groups is 1. The quantitative estimate of drug-likeness (QED) is 0.815. The largest absolute Gasteiger partial charge is 0.359 e. The van der Waals surface area contributed by atoms with Gasteiger partial charge >= 0.3 is 6.03 Å². The Morgan fingerprint density at radius 3 is 2.58 bits per heavy atom. The Labute approximate surface area is 112 Å². The summed E-state index contributed by atoms with van der Waals surface area (Å²) in [4.78, 5) is 20.7. The average molecular weight is 268 g/mol. The zero-order valence-electron chi connectivity index (χ0n) is 12.0. The Balaban J connectivity index is 2.25. The zero-order chi connectivity index (χ0) is 14.2. The van der Waals surface area contributed by atoms with Gasteiger partial charge < -0.3 is 4.52 Å². The van der Waals surface area contributed by atoms with Crippen LogP contribution < -0.4 is 4.90 Å². The van der Waals surface area contributed by atoms with Crippen LogP contribution in [0.3, 0.4) is 0 Å². The van der Waals surface area contributed by atoms with Crippen molar-refractivity contribution in [3.05, 3.63) is 11.8 Å². The van der Waals surface area contributed by atoms with Crippen molar-refractivity contribution in [1.82, 2.24) is 15.1 Å². The maximum atomic E-state index is 12.2. The SMILES string of the molecule is CON1CN(C)CN(c2cc(C(C)(C)C)on2)C1=O. The van der Waals surface area contributed by atoms with E-state index < -0.39 is 0 Å². The smallest absolute Gasteiger partial charge is 0.352 e. The molecule has 19 heavy (non-hydrogen) atoms. The van der Waals surface area contributed by atoms with E-state index in [2.05, 4.69) is 5.16 Å². The van der Waals surface area contributed by atoms with Gasteiger partial charge in [0.1, 0.15) is 12.4 Å². The summed E-state index contributed by atoms with van der Waals surface area (Å²) in [5.41, 5.74) is -0.142. The molecular weight excluding hydrogens is 248 g/mol. The van der Waals surface area contributed by atoms with Crippen LogP contribution in [-0.2, 0) is 10.3 Å². The molecule has 2 rings (SSSR count). The number of aromatic nitrogens is 1. The number of rotatable bonds is 2. The molecule has 1 aromatic rings. The lowest BCUT2D eigenvalue weighted by atomic mass is 9.93. The minimum absolute atomic E-state index is 0.142. The molecule has 1 aliphatic heterocycles. The minimum Gasteiger partial charge on any atom is -0.359 e. The van der Waals surface area contributed by atoms with E-state index in [-0.39, 0.29) is 11.4 Å². The molecule has 0 N–H and O–H groups in total. The van der Waals surface area contributed by atoms with Gasteiger partial charge in [-0.3, -0.25) is 14.6 Å². The lowest BCUT2D eigenvalue weighted by Crippen LogP contribution is -2.56. The minimum atomic E-state index is -0.241. The third kappa shape index (κ3) is 2.71. The molecule has 2 heterocycles. The Morgan fingerprint density at radius 2 is 2.05 bits per heavy atom. The van der Waals surface area contributed by atoms with Crippen LogP contribution in [0.1, 0.15) is 26.5 Å². The number of carbonyl (C=O) groups excluding carboxylic acids is 1. The first kappa shape index (κ1) is 13.8. The summed E-state index contributed by atoms with van der Waals surface area (Å²) < 4.78 is 5.31. The van der Waals surface area contributed by atoms with Gasteiger partial charge in [0, 0.05) is 11.5 Å². The van der Waals surface area contributed by atoms with Crippen LogP contribution in [0.5, 0.6) is 0 Å². The van der Waals surface area contributed by atoms with E-state index in [1.165, 1.54) is 17.1 Å². The molecule has 1 aromatic heterocycles. The predicted octanol–water partition coefficient (Wildman–Crippen LogP) is 1.62. The Kier molecular flexibility index (Phi) is 3.51. The summed E-state index contributed by atoms with van der Waals surface area (Å²) in [5.74, 6) is 1.25. The summed E-state index contributed by atoms with van der Waals surface area (Å²) in [6, 6.07) is 1.56. The molecule has 7 nitrogen and oxygen atoms in total. The highest BCUT2D eigenvalue weighted by Gasteiger charge is 2.33. The third-order valence-corrected chi connectivity index (χ3v) is 2.93. The number of nitrogens with zero attached hydrogens (tertiary/aromatic N) is 4. The van der Waals surface area contributed by atoms with E-state index in [1.54, 1.807) is 6.07 Å². The maximum Gasteiger partial charge on any atom is 0.352 e. The third-order valence-electron chi connectivity index (χ3n) is 2.93. The normalized spacial score (nSPS) is 18.3. The van der Waals surface area contributed by atoms with Gasteiger partial charge in [-0.15, -0.1) is 0 Å². The van der Waals surface area contributed by atoms with Crippen molar-refractivity contribution >= 4 is 11.8 Å². The summed E-state index contributed by atoms with van der Waals surface area (Å²) in [5, 5.41) is 5.25. The molecule has 0 spiro atoms. The summed E-state index contributed by atoms with van der Waals surface area (Å²) in [7, 11) is 3.37. The maximum absolute atomic E-state index is 12.2. The number of hydrogen-bond donors (Lipinski definition) is 0. The van der Waals surface area contributed by atoms with Crippen molar-refractivity contribution in [1.29, 1.82) is 0 Å². The van der Waals surface area contributed by atoms with Crippen LogP contribution in [-0.4, -0.2) is 48.6 Å². The Morgan fingerprint density at radius 1 is 1.37 bits per heavy atom. The highest BCUT2D eigenvalue weighted by atomic mass is 16.7. The highest BCUT2D eigenvalue weighted by Crippen LogP contribution is 2.27. The summed E-state index contributed by atoms with van der Waals surface area (Å²) >= 11 is 0. The summed E-state index contributed by atoms with van der Waals surface area (Å²) in [6.45, 7) is 6.97. The molecule has 106 valence electrons. The predicted molar refractivity (Wildman–Crippen MR) is 69.4 cm³/mol. The van der Waals surface area contributed by atoms with Gasteiger partial charge in [-0.25, -0.2) is 4.79 Å². The molecule has 2 amide bonds. The second-order valence-electron chi connectivity index (χ2n) is 5.71. The van der Waals surface area contributed by atoms with Gasteiger partial charge in [0.15, 0.2) is 5.82 Å². The van der Waals surface area contributed by atoms with Crippen molar-refractivity contribution in [2.45, 2.75) is 26.2 Å². The molecule has 0 bridgehead atoms. The first-order chi connectivity index (χ1) is 8.82. The standard InChI is InChI=1S/C12H20N4O3/c1-12(2,3)9-6-10(13-19-9)15-7-14(4)8-16(18-5)11(15)17/h6H,7-8H2,1-5H3. The number of urea groups is 1. The van der Waals surface area contributed by atoms with Gasteiger partial charge in [0.25, 0.3) is 0 Å². The monoisotopic (exact) mass is 268 g/mol. The summed E-state index contributed by atoms with van der Waals surface area (Å²) in [6.07, 6.45) is 0.